The number of nitrogens with zero attached hydrogens (tertiary/aromatic N) is 1. The molecule has 0 amide bonds. The molecule has 18 heavy (non-hydrogen) atoms. The first kappa shape index (κ1) is 13.3. The maximum Gasteiger partial charge on any atom is 0.125 e. The molecular formula is C15H23FN2. The highest BCUT2D eigenvalue weighted by atomic mass is 19.1. The number of hydrogen-bond donors (Lipinski definition) is 1. The van der Waals surface area contributed by atoms with Crippen molar-refractivity contribution in [2.45, 2.75) is 38.1 Å². The van der Waals surface area contributed by atoms with Crippen LogP contribution in [0, 0.1) is 11.7 Å². The molecule has 0 aromatic heterocycles. The number of benzene rings is 1. The van der Waals surface area contributed by atoms with E-state index in [0.29, 0.717) is 12.5 Å². The SMILES string of the molecule is CCCC(CN)(C1CC1)N(C)c1cccc(F)c1. The highest BCUT2D eigenvalue weighted by Gasteiger charge is 2.46. The fourth-order valence-corrected chi connectivity index (χ4v) is 3.05. The highest BCUT2D eigenvalue weighted by Crippen LogP contribution is 2.46. The number of halogens is 1. The van der Waals surface area contributed by atoms with Gasteiger partial charge in [-0.3, -0.25) is 0 Å². The van der Waals surface area contributed by atoms with Crippen molar-refractivity contribution in [2.24, 2.45) is 11.7 Å². The van der Waals surface area contributed by atoms with Gasteiger partial charge in [-0.25, -0.2) is 4.39 Å². The average Bonchev–Trinajstić information content (AvgIpc) is 3.20. The van der Waals surface area contributed by atoms with E-state index in [2.05, 4.69) is 18.9 Å². The standard InChI is InChI=1S/C15H23FN2/c1-3-9-15(11-17,12-7-8-12)18(2)14-6-4-5-13(16)10-14/h4-6,10,12H,3,7-9,11,17H2,1-2H3. The van der Waals surface area contributed by atoms with Crippen molar-refractivity contribution in [1.82, 2.24) is 0 Å². The highest BCUT2D eigenvalue weighted by molar-refractivity contribution is 5.49. The first-order chi connectivity index (χ1) is 8.64. The Morgan fingerprint density at radius 3 is 2.67 bits per heavy atom. The summed E-state index contributed by atoms with van der Waals surface area (Å²) < 4.78 is 13.4. The summed E-state index contributed by atoms with van der Waals surface area (Å²) in [5.74, 6) is 0.480. The minimum atomic E-state index is -0.183. The van der Waals surface area contributed by atoms with E-state index < -0.39 is 0 Å². The fourth-order valence-electron chi connectivity index (χ4n) is 3.05. The van der Waals surface area contributed by atoms with Gasteiger partial charge in [-0.2, -0.15) is 0 Å². The largest absolute Gasteiger partial charge is 0.367 e. The Labute approximate surface area is 109 Å². The predicted molar refractivity (Wildman–Crippen MR) is 74.2 cm³/mol. The Balaban J connectivity index is 2.30. The van der Waals surface area contributed by atoms with E-state index in [4.69, 9.17) is 5.73 Å². The number of likely N-dealkylation sites (N-methyl/N-ethyl adjacent to an activating group) is 1. The summed E-state index contributed by atoms with van der Waals surface area (Å²) in [4.78, 5) is 2.21. The number of anilines is 1. The lowest BCUT2D eigenvalue weighted by atomic mass is 9.86. The van der Waals surface area contributed by atoms with Crippen LogP contribution >= 0.6 is 0 Å². The zero-order valence-electron chi connectivity index (χ0n) is 11.3. The molecule has 1 aliphatic rings. The van der Waals surface area contributed by atoms with Crippen LogP contribution in [0.3, 0.4) is 0 Å². The molecule has 0 aliphatic heterocycles. The second-order valence-corrected chi connectivity index (χ2v) is 5.37. The summed E-state index contributed by atoms with van der Waals surface area (Å²) in [6, 6.07) is 6.81. The van der Waals surface area contributed by atoms with Gasteiger partial charge in [-0.05, 0) is 43.4 Å². The van der Waals surface area contributed by atoms with Crippen molar-refractivity contribution in [3.8, 4) is 0 Å². The van der Waals surface area contributed by atoms with Crippen LogP contribution in [-0.4, -0.2) is 19.1 Å². The summed E-state index contributed by atoms with van der Waals surface area (Å²) in [5.41, 5.74) is 7.01. The van der Waals surface area contributed by atoms with Gasteiger partial charge in [0.2, 0.25) is 0 Å². The molecule has 2 rings (SSSR count). The normalized spacial score (nSPS) is 18.4. The van der Waals surface area contributed by atoms with Gasteiger partial charge in [-0.15, -0.1) is 0 Å². The van der Waals surface area contributed by atoms with E-state index >= 15 is 0 Å². The molecule has 0 spiro atoms. The van der Waals surface area contributed by atoms with Gasteiger partial charge in [0.15, 0.2) is 0 Å². The van der Waals surface area contributed by atoms with Crippen LogP contribution in [0.15, 0.2) is 24.3 Å². The van der Waals surface area contributed by atoms with Crippen LogP contribution in [0.5, 0.6) is 0 Å². The minimum absolute atomic E-state index is 0.00252. The van der Waals surface area contributed by atoms with Crippen LogP contribution in [-0.2, 0) is 0 Å². The number of nitrogens with two attached hydrogens (primary N) is 1. The summed E-state index contributed by atoms with van der Waals surface area (Å²) >= 11 is 0. The lowest BCUT2D eigenvalue weighted by Crippen LogP contribution is -2.54. The lowest BCUT2D eigenvalue weighted by molar-refractivity contribution is 0.332. The second-order valence-electron chi connectivity index (χ2n) is 5.37. The smallest absolute Gasteiger partial charge is 0.125 e. The first-order valence-electron chi connectivity index (χ1n) is 6.83. The molecule has 1 aromatic carbocycles. The number of hydrogen-bond acceptors (Lipinski definition) is 2. The molecule has 1 aromatic rings. The minimum Gasteiger partial charge on any atom is -0.367 e. The van der Waals surface area contributed by atoms with Gasteiger partial charge in [0.05, 0.1) is 5.54 Å². The second kappa shape index (κ2) is 5.27. The Hall–Kier alpha value is -1.09. The summed E-state index contributed by atoms with van der Waals surface area (Å²) in [7, 11) is 2.05. The predicted octanol–water partition coefficient (Wildman–Crippen LogP) is 3.17. The molecule has 100 valence electrons. The van der Waals surface area contributed by atoms with Crippen molar-refractivity contribution >= 4 is 5.69 Å². The van der Waals surface area contributed by atoms with Gasteiger partial charge in [0.25, 0.3) is 0 Å². The fraction of sp³-hybridized carbons (Fsp3) is 0.600. The maximum absolute atomic E-state index is 13.4. The van der Waals surface area contributed by atoms with E-state index in [0.717, 1.165) is 18.5 Å². The van der Waals surface area contributed by atoms with Crippen LogP contribution in [0.4, 0.5) is 10.1 Å². The summed E-state index contributed by atoms with van der Waals surface area (Å²) in [6.45, 7) is 2.82. The van der Waals surface area contributed by atoms with Gasteiger partial charge in [-0.1, -0.05) is 19.4 Å². The van der Waals surface area contributed by atoms with Gasteiger partial charge >= 0.3 is 0 Å². The molecule has 1 fully saturated rings. The molecule has 2 N–H and O–H groups in total. The Morgan fingerprint density at radius 1 is 1.44 bits per heavy atom. The van der Waals surface area contributed by atoms with Crippen molar-refractivity contribution < 1.29 is 4.39 Å². The summed E-state index contributed by atoms with van der Waals surface area (Å²) in [6.07, 6.45) is 4.67. The zero-order chi connectivity index (χ0) is 13.2. The van der Waals surface area contributed by atoms with Crippen LogP contribution < -0.4 is 10.6 Å². The third-order valence-corrected chi connectivity index (χ3v) is 4.24. The van der Waals surface area contributed by atoms with Crippen molar-refractivity contribution in [3.05, 3.63) is 30.1 Å². The monoisotopic (exact) mass is 250 g/mol. The van der Waals surface area contributed by atoms with Crippen LogP contribution in [0.25, 0.3) is 0 Å². The molecule has 0 saturated heterocycles. The Bertz CT molecular complexity index is 403. The third kappa shape index (κ3) is 2.37. The Morgan fingerprint density at radius 2 is 2.17 bits per heavy atom. The molecule has 0 bridgehead atoms. The maximum atomic E-state index is 13.4. The lowest BCUT2D eigenvalue weighted by Gasteiger charge is -2.43. The van der Waals surface area contributed by atoms with Crippen molar-refractivity contribution in [3.63, 3.8) is 0 Å². The van der Waals surface area contributed by atoms with Gasteiger partial charge in [0, 0.05) is 19.3 Å². The molecular weight excluding hydrogens is 227 g/mol. The number of rotatable bonds is 6. The molecule has 1 saturated carbocycles. The molecule has 1 unspecified atom stereocenters. The van der Waals surface area contributed by atoms with E-state index in [-0.39, 0.29) is 11.4 Å². The molecule has 0 heterocycles. The summed E-state index contributed by atoms with van der Waals surface area (Å²) in [5, 5.41) is 0. The van der Waals surface area contributed by atoms with Crippen molar-refractivity contribution in [2.75, 3.05) is 18.5 Å². The first-order valence-corrected chi connectivity index (χ1v) is 6.83. The van der Waals surface area contributed by atoms with E-state index in [1.165, 1.54) is 18.9 Å². The molecule has 1 atom stereocenters. The van der Waals surface area contributed by atoms with Gasteiger partial charge in [0.1, 0.15) is 5.82 Å². The van der Waals surface area contributed by atoms with Gasteiger partial charge < -0.3 is 10.6 Å². The van der Waals surface area contributed by atoms with Crippen LogP contribution in [0.2, 0.25) is 0 Å². The quantitative estimate of drug-likeness (QED) is 0.840. The molecule has 0 radical (unpaired) electrons. The Kier molecular flexibility index (Phi) is 3.91. The molecule has 3 heteroatoms. The van der Waals surface area contributed by atoms with Crippen molar-refractivity contribution in [1.29, 1.82) is 0 Å². The molecule has 2 nitrogen and oxygen atoms in total. The third-order valence-electron chi connectivity index (χ3n) is 4.24. The molecule has 1 aliphatic carbocycles. The zero-order valence-corrected chi connectivity index (χ0v) is 11.3. The van der Waals surface area contributed by atoms with E-state index in [9.17, 15) is 4.39 Å². The van der Waals surface area contributed by atoms with Crippen LogP contribution in [0.1, 0.15) is 32.6 Å². The van der Waals surface area contributed by atoms with E-state index in [1.807, 2.05) is 6.07 Å². The topological polar surface area (TPSA) is 29.3 Å². The average molecular weight is 250 g/mol. The van der Waals surface area contributed by atoms with E-state index in [1.54, 1.807) is 12.1 Å².